The van der Waals surface area contributed by atoms with Gasteiger partial charge in [-0.25, -0.2) is 4.98 Å². The molecule has 0 atom stereocenters. The quantitative estimate of drug-likeness (QED) is 0.740. The molecule has 0 aliphatic carbocycles. The van der Waals surface area contributed by atoms with Crippen LogP contribution >= 0.6 is 23.1 Å². The van der Waals surface area contributed by atoms with Crippen molar-refractivity contribution in [2.75, 3.05) is 5.75 Å². The molecule has 7 heteroatoms. The van der Waals surface area contributed by atoms with Gasteiger partial charge in [-0.1, -0.05) is 17.3 Å². The van der Waals surface area contributed by atoms with Gasteiger partial charge in [-0.05, 0) is 26.0 Å². The van der Waals surface area contributed by atoms with Crippen molar-refractivity contribution in [3.05, 3.63) is 46.3 Å². The highest BCUT2D eigenvalue weighted by atomic mass is 32.2. The van der Waals surface area contributed by atoms with Gasteiger partial charge in [-0.3, -0.25) is 4.79 Å². The highest BCUT2D eigenvalue weighted by molar-refractivity contribution is 7.99. The zero-order valence-electron chi connectivity index (χ0n) is 13.0. The first-order valence-electron chi connectivity index (χ1n) is 7.24. The molecule has 0 aliphatic rings. The van der Waals surface area contributed by atoms with Gasteiger partial charge >= 0.3 is 0 Å². The van der Waals surface area contributed by atoms with Crippen LogP contribution in [0, 0.1) is 13.8 Å². The Bertz CT molecular complexity index is 773. The van der Waals surface area contributed by atoms with E-state index in [0.29, 0.717) is 12.3 Å². The summed E-state index contributed by atoms with van der Waals surface area (Å²) >= 11 is 3.17. The number of hydrogen-bond acceptors (Lipinski definition) is 6. The lowest BCUT2D eigenvalue weighted by atomic mass is 10.2. The summed E-state index contributed by atoms with van der Waals surface area (Å²) in [5, 5.41) is 7.76. The fourth-order valence-corrected chi connectivity index (χ4v) is 4.09. The molecular weight excluding hydrogens is 330 g/mol. The van der Waals surface area contributed by atoms with E-state index in [4.69, 9.17) is 4.52 Å². The van der Waals surface area contributed by atoms with E-state index >= 15 is 0 Å². The molecule has 5 nitrogen and oxygen atoms in total. The fourth-order valence-electron chi connectivity index (χ4n) is 2.17. The molecule has 1 amide bonds. The van der Waals surface area contributed by atoms with Crippen LogP contribution in [0.25, 0.3) is 10.2 Å². The Hall–Kier alpha value is -1.86. The number of thiazole rings is 1. The van der Waals surface area contributed by atoms with Gasteiger partial charge < -0.3 is 9.84 Å². The Kier molecular flexibility index (Phi) is 4.97. The molecule has 120 valence electrons. The summed E-state index contributed by atoms with van der Waals surface area (Å²) in [6.45, 7) is 4.28. The summed E-state index contributed by atoms with van der Waals surface area (Å²) in [5.74, 6) is 1.98. The fraction of sp³-hybridized carbons (Fsp3) is 0.312. The van der Waals surface area contributed by atoms with E-state index in [2.05, 4.69) is 15.5 Å². The molecule has 0 saturated carbocycles. The topological polar surface area (TPSA) is 68.0 Å². The third kappa shape index (κ3) is 3.92. The van der Waals surface area contributed by atoms with E-state index < -0.39 is 0 Å². The van der Waals surface area contributed by atoms with E-state index in [0.717, 1.165) is 38.0 Å². The van der Waals surface area contributed by atoms with Crippen LogP contribution in [0.15, 0.2) is 28.8 Å². The largest absolute Gasteiger partial charge is 0.361 e. The van der Waals surface area contributed by atoms with Crippen LogP contribution in [0.5, 0.6) is 0 Å². The summed E-state index contributed by atoms with van der Waals surface area (Å²) < 4.78 is 6.26. The number of amides is 1. The molecule has 23 heavy (non-hydrogen) atoms. The smallest absolute Gasteiger partial charge is 0.230 e. The Morgan fingerprint density at radius 1 is 1.35 bits per heavy atom. The molecular formula is C16H17N3O2S2. The molecule has 0 radical (unpaired) electrons. The van der Waals surface area contributed by atoms with Gasteiger partial charge in [0.05, 0.1) is 28.2 Å². The van der Waals surface area contributed by atoms with Crippen LogP contribution in [0.1, 0.15) is 22.0 Å². The average molecular weight is 347 g/mol. The monoisotopic (exact) mass is 347 g/mol. The van der Waals surface area contributed by atoms with E-state index in [1.54, 1.807) is 23.1 Å². The highest BCUT2D eigenvalue weighted by Gasteiger charge is 2.10. The zero-order chi connectivity index (χ0) is 16.2. The maximum absolute atomic E-state index is 11.9. The van der Waals surface area contributed by atoms with Crippen LogP contribution in [0.3, 0.4) is 0 Å². The lowest BCUT2D eigenvalue weighted by molar-refractivity contribution is -0.118. The number of thioether (sulfide) groups is 1. The molecule has 0 aliphatic heterocycles. The van der Waals surface area contributed by atoms with Crippen molar-refractivity contribution >= 4 is 39.2 Å². The summed E-state index contributed by atoms with van der Waals surface area (Å²) in [6, 6.07) is 7.98. The van der Waals surface area contributed by atoms with Crippen molar-refractivity contribution in [2.45, 2.75) is 26.1 Å². The van der Waals surface area contributed by atoms with Gasteiger partial charge in [0.25, 0.3) is 0 Å². The van der Waals surface area contributed by atoms with Gasteiger partial charge in [0.15, 0.2) is 0 Å². The van der Waals surface area contributed by atoms with Crippen LogP contribution in [0.4, 0.5) is 0 Å². The lowest BCUT2D eigenvalue weighted by Crippen LogP contribution is -2.24. The molecule has 3 rings (SSSR count). The summed E-state index contributed by atoms with van der Waals surface area (Å²) in [7, 11) is 0. The average Bonchev–Trinajstić information content (AvgIpc) is 3.10. The van der Waals surface area contributed by atoms with Crippen molar-refractivity contribution in [3.63, 3.8) is 0 Å². The number of nitrogens with zero attached hydrogens (tertiary/aromatic N) is 2. The molecule has 1 aromatic carbocycles. The van der Waals surface area contributed by atoms with E-state index in [1.807, 2.05) is 38.1 Å². The molecule has 0 unspecified atom stereocenters. The predicted molar refractivity (Wildman–Crippen MR) is 93.6 cm³/mol. The molecule has 0 fully saturated rings. The Balaban J connectivity index is 1.46. The standard InChI is InChI=1S/C16H17N3O2S2/c1-10-12(11(2)21-19-10)8-22-9-15(20)17-7-16-18-13-5-3-4-6-14(13)23-16/h3-6H,7-9H2,1-2H3,(H,17,20). The molecule has 0 saturated heterocycles. The number of aromatic nitrogens is 2. The first-order valence-corrected chi connectivity index (χ1v) is 9.21. The van der Waals surface area contributed by atoms with Crippen LogP contribution in [-0.4, -0.2) is 21.8 Å². The molecule has 1 N–H and O–H groups in total. The number of para-hydroxylation sites is 1. The van der Waals surface area contributed by atoms with Crippen molar-refractivity contribution < 1.29 is 9.32 Å². The third-order valence-electron chi connectivity index (χ3n) is 3.44. The first kappa shape index (κ1) is 16.0. The van der Waals surface area contributed by atoms with Crippen LogP contribution in [0.2, 0.25) is 0 Å². The Morgan fingerprint density at radius 2 is 2.17 bits per heavy atom. The molecule has 0 spiro atoms. The second kappa shape index (κ2) is 7.14. The van der Waals surface area contributed by atoms with Crippen molar-refractivity contribution in [3.8, 4) is 0 Å². The summed E-state index contributed by atoms with van der Waals surface area (Å²) in [4.78, 5) is 16.4. The minimum Gasteiger partial charge on any atom is -0.361 e. The van der Waals surface area contributed by atoms with E-state index in [1.165, 1.54) is 0 Å². The maximum Gasteiger partial charge on any atom is 0.230 e. The Labute approximate surface area is 142 Å². The van der Waals surface area contributed by atoms with E-state index in [-0.39, 0.29) is 5.91 Å². The number of carbonyl (C=O) groups is 1. The van der Waals surface area contributed by atoms with Crippen molar-refractivity contribution in [2.24, 2.45) is 0 Å². The minimum atomic E-state index is 0.0148. The molecule has 3 aromatic rings. The second-order valence-corrected chi connectivity index (χ2v) is 7.25. The second-order valence-electron chi connectivity index (χ2n) is 5.15. The number of rotatable bonds is 6. The van der Waals surface area contributed by atoms with Gasteiger partial charge in [0.1, 0.15) is 10.8 Å². The maximum atomic E-state index is 11.9. The van der Waals surface area contributed by atoms with Gasteiger partial charge in [-0.15, -0.1) is 23.1 Å². The van der Waals surface area contributed by atoms with E-state index in [9.17, 15) is 4.79 Å². The van der Waals surface area contributed by atoms with Crippen molar-refractivity contribution in [1.82, 2.24) is 15.5 Å². The number of carbonyl (C=O) groups excluding carboxylic acids is 1. The number of fused-ring (bicyclic) bond motifs is 1. The first-order chi connectivity index (χ1) is 11.1. The van der Waals surface area contributed by atoms with Crippen molar-refractivity contribution in [1.29, 1.82) is 0 Å². The molecule has 2 heterocycles. The molecule has 2 aromatic heterocycles. The lowest BCUT2D eigenvalue weighted by Gasteiger charge is -2.03. The van der Waals surface area contributed by atoms with Gasteiger partial charge in [0.2, 0.25) is 5.91 Å². The number of aryl methyl sites for hydroxylation is 2. The third-order valence-corrected chi connectivity index (χ3v) is 5.43. The van der Waals surface area contributed by atoms with Gasteiger partial charge in [-0.2, -0.15) is 0 Å². The normalized spacial score (nSPS) is 11.0. The van der Waals surface area contributed by atoms with Crippen LogP contribution < -0.4 is 5.32 Å². The SMILES string of the molecule is Cc1noc(C)c1CSCC(=O)NCc1nc2ccccc2s1. The number of nitrogens with one attached hydrogen (secondary N) is 1. The van der Waals surface area contributed by atoms with Gasteiger partial charge in [0, 0.05) is 11.3 Å². The number of hydrogen-bond donors (Lipinski definition) is 1. The molecule has 0 bridgehead atoms. The Morgan fingerprint density at radius 3 is 2.91 bits per heavy atom. The number of benzene rings is 1. The predicted octanol–water partition coefficient (Wildman–Crippen LogP) is 3.45. The highest BCUT2D eigenvalue weighted by Crippen LogP contribution is 2.21. The minimum absolute atomic E-state index is 0.0148. The van der Waals surface area contributed by atoms with Crippen LogP contribution in [-0.2, 0) is 17.1 Å². The summed E-state index contributed by atoms with van der Waals surface area (Å²) in [6.07, 6.45) is 0. The summed E-state index contributed by atoms with van der Waals surface area (Å²) in [5.41, 5.74) is 2.95. The zero-order valence-corrected chi connectivity index (χ0v) is 14.6.